The minimum absolute atomic E-state index is 0.0787. The van der Waals surface area contributed by atoms with Gasteiger partial charge in [-0.25, -0.2) is 4.39 Å². The largest absolute Gasteiger partial charge is 0.481 e. The van der Waals surface area contributed by atoms with E-state index in [4.69, 9.17) is 10.5 Å². The van der Waals surface area contributed by atoms with Crippen molar-refractivity contribution < 1.29 is 23.5 Å². The SMILES string of the molecule is C/C=C/CCN1C(=O)COc2cc(F)c(NC(=O)C3=C(C(N)=O)CCCC3)cc21. The number of carbonyl (C=O) groups excluding carboxylic acids is 3. The van der Waals surface area contributed by atoms with Crippen LogP contribution in [0.15, 0.2) is 35.4 Å². The third-order valence-corrected chi connectivity index (χ3v) is 5.03. The van der Waals surface area contributed by atoms with Gasteiger partial charge in [0.05, 0.1) is 11.4 Å². The fourth-order valence-corrected chi connectivity index (χ4v) is 3.56. The molecule has 3 N–H and O–H groups in total. The number of amides is 3. The van der Waals surface area contributed by atoms with Crippen molar-refractivity contribution in [3.63, 3.8) is 0 Å². The van der Waals surface area contributed by atoms with Gasteiger partial charge >= 0.3 is 0 Å². The lowest BCUT2D eigenvalue weighted by Gasteiger charge is -2.30. The topological polar surface area (TPSA) is 102 Å². The normalized spacial score (nSPS) is 16.6. The van der Waals surface area contributed by atoms with E-state index < -0.39 is 17.6 Å². The van der Waals surface area contributed by atoms with Crippen molar-refractivity contribution in [1.29, 1.82) is 0 Å². The summed E-state index contributed by atoms with van der Waals surface area (Å²) in [5, 5.41) is 2.53. The monoisotopic (exact) mass is 401 g/mol. The summed E-state index contributed by atoms with van der Waals surface area (Å²) in [6, 6.07) is 2.55. The molecule has 0 unspecified atom stereocenters. The minimum Gasteiger partial charge on any atom is -0.481 e. The van der Waals surface area contributed by atoms with E-state index in [2.05, 4.69) is 5.32 Å². The number of hydrogen-bond donors (Lipinski definition) is 2. The predicted octanol–water partition coefficient (Wildman–Crippen LogP) is 2.81. The van der Waals surface area contributed by atoms with E-state index in [9.17, 15) is 18.8 Å². The number of allylic oxidation sites excluding steroid dienone is 1. The molecule has 154 valence electrons. The van der Waals surface area contributed by atoms with E-state index in [1.54, 1.807) is 0 Å². The van der Waals surface area contributed by atoms with Crippen molar-refractivity contribution in [2.75, 3.05) is 23.4 Å². The second-order valence-electron chi connectivity index (χ2n) is 6.97. The van der Waals surface area contributed by atoms with Gasteiger partial charge in [-0.05, 0) is 45.1 Å². The zero-order chi connectivity index (χ0) is 21.0. The number of carbonyl (C=O) groups is 3. The van der Waals surface area contributed by atoms with Crippen LogP contribution in [0.5, 0.6) is 5.75 Å². The number of primary amides is 1. The van der Waals surface area contributed by atoms with Crippen molar-refractivity contribution in [3.05, 3.63) is 41.2 Å². The molecule has 3 amide bonds. The molecule has 7 nitrogen and oxygen atoms in total. The maximum absolute atomic E-state index is 14.6. The third-order valence-electron chi connectivity index (χ3n) is 5.03. The zero-order valence-electron chi connectivity index (χ0n) is 16.3. The molecular weight excluding hydrogens is 377 g/mol. The van der Waals surface area contributed by atoms with Crippen molar-refractivity contribution in [2.45, 2.75) is 39.0 Å². The highest BCUT2D eigenvalue weighted by Gasteiger charge is 2.28. The number of benzene rings is 1. The summed E-state index contributed by atoms with van der Waals surface area (Å²) in [6.07, 6.45) is 6.83. The van der Waals surface area contributed by atoms with E-state index in [1.165, 1.54) is 11.0 Å². The number of rotatable bonds is 6. The first-order valence-electron chi connectivity index (χ1n) is 9.63. The Morgan fingerprint density at radius 1 is 1.28 bits per heavy atom. The summed E-state index contributed by atoms with van der Waals surface area (Å²) in [7, 11) is 0. The van der Waals surface area contributed by atoms with Crippen LogP contribution >= 0.6 is 0 Å². The molecule has 0 atom stereocenters. The maximum atomic E-state index is 14.6. The molecule has 1 aliphatic heterocycles. The molecule has 1 aromatic carbocycles. The van der Waals surface area contributed by atoms with Crippen LogP contribution in [0.25, 0.3) is 0 Å². The van der Waals surface area contributed by atoms with Crippen molar-refractivity contribution in [2.24, 2.45) is 5.73 Å². The Morgan fingerprint density at radius 3 is 2.69 bits per heavy atom. The van der Waals surface area contributed by atoms with Gasteiger partial charge in [0.2, 0.25) is 5.91 Å². The van der Waals surface area contributed by atoms with Gasteiger partial charge in [-0.15, -0.1) is 0 Å². The number of halogens is 1. The van der Waals surface area contributed by atoms with Gasteiger partial charge < -0.3 is 20.7 Å². The van der Waals surface area contributed by atoms with Crippen LogP contribution in [-0.4, -0.2) is 30.9 Å². The molecule has 0 fully saturated rings. The van der Waals surface area contributed by atoms with E-state index in [1.807, 2.05) is 19.1 Å². The summed E-state index contributed by atoms with van der Waals surface area (Å²) in [6.45, 7) is 2.14. The highest BCUT2D eigenvalue weighted by atomic mass is 19.1. The third kappa shape index (κ3) is 4.47. The van der Waals surface area contributed by atoms with E-state index >= 15 is 0 Å². The summed E-state index contributed by atoms with van der Waals surface area (Å²) < 4.78 is 19.9. The molecule has 0 spiro atoms. The van der Waals surface area contributed by atoms with Gasteiger partial charge in [0.25, 0.3) is 11.8 Å². The molecular formula is C21H24FN3O4. The Bertz CT molecular complexity index is 907. The Hall–Kier alpha value is -3.16. The van der Waals surface area contributed by atoms with Gasteiger partial charge in [0, 0.05) is 23.8 Å². The first-order chi connectivity index (χ1) is 13.9. The van der Waals surface area contributed by atoms with Crippen LogP contribution in [0, 0.1) is 5.82 Å². The lowest BCUT2D eigenvalue weighted by molar-refractivity contribution is -0.121. The van der Waals surface area contributed by atoms with Crippen molar-refractivity contribution >= 4 is 29.1 Å². The van der Waals surface area contributed by atoms with Crippen LogP contribution in [0.2, 0.25) is 0 Å². The number of anilines is 2. The molecule has 0 saturated carbocycles. The first kappa shape index (κ1) is 20.6. The van der Waals surface area contributed by atoms with Crippen LogP contribution in [0.4, 0.5) is 15.8 Å². The number of nitrogens with zero attached hydrogens (tertiary/aromatic N) is 1. The fraction of sp³-hybridized carbons (Fsp3) is 0.381. The lowest BCUT2D eigenvalue weighted by Crippen LogP contribution is -2.39. The molecule has 3 rings (SSSR count). The highest BCUT2D eigenvalue weighted by molar-refractivity contribution is 6.10. The van der Waals surface area contributed by atoms with Gasteiger partial charge in [-0.2, -0.15) is 0 Å². The Morgan fingerprint density at radius 2 is 2.00 bits per heavy atom. The molecule has 0 radical (unpaired) electrons. The smallest absolute Gasteiger partial charge is 0.265 e. The van der Waals surface area contributed by atoms with E-state index in [0.29, 0.717) is 37.1 Å². The van der Waals surface area contributed by atoms with Crippen LogP contribution in [0.1, 0.15) is 39.0 Å². The molecule has 1 heterocycles. The van der Waals surface area contributed by atoms with E-state index in [0.717, 1.165) is 18.9 Å². The number of nitrogens with two attached hydrogens (primary N) is 1. The molecule has 1 aliphatic carbocycles. The zero-order valence-corrected chi connectivity index (χ0v) is 16.3. The Kier molecular flexibility index (Phi) is 6.31. The average molecular weight is 401 g/mol. The van der Waals surface area contributed by atoms with Crippen molar-refractivity contribution in [1.82, 2.24) is 0 Å². The second-order valence-corrected chi connectivity index (χ2v) is 6.97. The van der Waals surface area contributed by atoms with Crippen LogP contribution in [0.3, 0.4) is 0 Å². The quantitative estimate of drug-likeness (QED) is 0.716. The molecule has 1 aromatic rings. The van der Waals surface area contributed by atoms with Gasteiger partial charge in [-0.1, -0.05) is 12.2 Å². The van der Waals surface area contributed by atoms with Gasteiger partial charge in [-0.3, -0.25) is 14.4 Å². The highest BCUT2D eigenvalue weighted by Crippen LogP contribution is 2.37. The molecule has 2 aliphatic rings. The van der Waals surface area contributed by atoms with Crippen LogP contribution in [-0.2, 0) is 14.4 Å². The summed E-state index contributed by atoms with van der Waals surface area (Å²) in [5.74, 6) is -1.86. The maximum Gasteiger partial charge on any atom is 0.265 e. The summed E-state index contributed by atoms with van der Waals surface area (Å²) >= 11 is 0. The predicted molar refractivity (Wildman–Crippen MR) is 107 cm³/mol. The molecule has 0 aromatic heterocycles. The Balaban J connectivity index is 1.90. The van der Waals surface area contributed by atoms with Gasteiger partial charge in [0.1, 0.15) is 5.75 Å². The number of hydrogen-bond acceptors (Lipinski definition) is 4. The van der Waals surface area contributed by atoms with E-state index in [-0.39, 0.29) is 29.5 Å². The average Bonchev–Trinajstić information content (AvgIpc) is 2.70. The summed E-state index contributed by atoms with van der Waals surface area (Å²) in [4.78, 5) is 38.1. The summed E-state index contributed by atoms with van der Waals surface area (Å²) in [5.41, 5.74) is 6.28. The first-order valence-corrected chi connectivity index (χ1v) is 9.63. The Labute approximate surface area is 168 Å². The number of ether oxygens (including phenoxy) is 1. The molecule has 0 bridgehead atoms. The lowest BCUT2D eigenvalue weighted by atomic mass is 9.90. The molecule has 8 heteroatoms. The van der Waals surface area contributed by atoms with Crippen molar-refractivity contribution in [3.8, 4) is 5.75 Å². The fourth-order valence-electron chi connectivity index (χ4n) is 3.56. The second kappa shape index (κ2) is 8.89. The number of fused-ring (bicyclic) bond motifs is 1. The molecule has 29 heavy (non-hydrogen) atoms. The number of nitrogens with one attached hydrogen (secondary N) is 1. The van der Waals surface area contributed by atoms with Crippen LogP contribution < -0.4 is 20.7 Å². The van der Waals surface area contributed by atoms with Gasteiger partial charge in [0.15, 0.2) is 12.4 Å². The molecule has 0 saturated heterocycles. The standard InChI is InChI=1S/C21H24FN3O4/c1-2-3-6-9-25-17-11-16(15(22)10-18(17)29-12-19(25)26)24-21(28)14-8-5-4-7-13(14)20(23)27/h2-3,10-11H,4-9,12H2,1H3,(H2,23,27)(H,24,28)/b3-2+. The minimum atomic E-state index is -0.683.